The number of piperidine rings is 1. The number of aromatic nitrogens is 3. The van der Waals surface area contributed by atoms with Crippen LogP contribution in [0.15, 0.2) is 76.2 Å². The Morgan fingerprint density at radius 1 is 1.08 bits per heavy atom. The van der Waals surface area contributed by atoms with E-state index in [1.165, 1.54) is 24.2 Å². The molecule has 13 nitrogen and oxygen atoms in total. The second kappa shape index (κ2) is 17.7. The van der Waals surface area contributed by atoms with E-state index in [9.17, 15) is 25.8 Å². The molecule has 3 aromatic rings. The Bertz CT molecular complexity index is 2250. The van der Waals surface area contributed by atoms with Crippen molar-refractivity contribution < 1.29 is 20.4 Å². The summed E-state index contributed by atoms with van der Waals surface area (Å²) in [5.74, 6) is 0.354. The molecule has 1 aromatic carbocycles. The number of hydrogen-bond donors (Lipinski definition) is 8. The van der Waals surface area contributed by atoms with Gasteiger partial charge in [0.1, 0.15) is 23.2 Å². The van der Waals surface area contributed by atoms with Crippen molar-refractivity contribution in [2.45, 2.75) is 125 Å². The number of fused-ring (bicyclic) bond motifs is 3. The molecule has 2 aliphatic carbocycles. The topological polar surface area (TPSA) is 201 Å². The van der Waals surface area contributed by atoms with E-state index in [4.69, 9.17) is 10.8 Å². The Balaban J connectivity index is 1.11. The molecule has 330 valence electrons. The van der Waals surface area contributed by atoms with Crippen molar-refractivity contribution in [3.63, 3.8) is 0 Å². The molecule has 0 amide bonds. The van der Waals surface area contributed by atoms with Gasteiger partial charge in [0.25, 0.3) is 5.95 Å². The first-order valence-electron chi connectivity index (χ1n) is 22.1. The van der Waals surface area contributed by atoms with Crippen LogP contribution >= 0.6 is 11.3 Å². The first kappa shape index (κ1) is 44.6. The highest BCUT2D eigenvalue weighted by Crippen LogP contribution is 2.68. The summed E-state index contributed by atoms with van der Waals surface area (Å²) in [5.41, 5.74) is 12.2. The summed E-state index contributed by atoms with van der Waals surface area (Å²) in [6.07, 6.45) is 16.2. The van der Waals surface area contributed by atoms with Crippen LogP contribution in [0, 0.1) is 34.0 Å². The lowest BCUT2D eigenvalue weighted by atomic mass is 9.43. The van der Waals surface area contributed by atoms with Gasteiger partial charge < -0.3 is 41.7 Å². The number of hydrogen-bond acceptors (Lipinski definition) is 11. The molecule has 61 heavy (non-hydrogen) atoms. The number of rotatable bonds is 15. The standard InChI is InChI=1S/C47H67N9O4S/c1-7-45(6)26-46(18-11-19-50-20-17-32(58)23-57)24-44(4,5)25-47(27-45,28-46)29-56-31(3)35(22-51-56)34-15-16-38(53-39(34)42(59)60)55-21-10-12-33(41(55)49)30(2)40(48)54-43-52-36-13-8-9-14-37(36)61-43/h8-9,13-16,22,32,49-50,53,57-60H,7,10-12,17-21,23-29H2,1-6H3,(H2,48,52,54)/b33-30-,49-41?. The lowest BCUT2D eigenvalue weighted by molar-refractivity contribution is -0.128. The quantitative estimate of drug-likeness (QED) is 0.0317. The van der Waals surface area contributed by atoms with E-state index < -0.39 is 12.0 Å². The molecule has 4 heterocycles. The summed E-state index contributed by atoms with van der Waals surface area (Å²) in [6.45, 7) is 16.5. The Morgan fingerprint density at radius 2 is 1.84 bits per heavy atom. The second-order valence-corrected chi connectivity index (χ2v) is 20.6. The fraction of sp³-hybridized carbons (Fsp3) is 0.574. The molecule has 2 aromatic heterocycles. The van der Waals surface area contributed by atoms with Crippen LogP contribution in [0.1, 0.15) is 117 Å². The third kappa shape index (κ3) is 9.62. The van der Waals surface area contributed by atoms with Crippen molar-refractivity contribution in [1.29, 1.82) is 5.41 Å². The van der Waals surface area contributed by atoms with Gasteiger partial charge in [-0.15, -0.1) is 0 Å². The molecule has 3 fully saturated rings. The molecule has 7 rings (SSSR count). The van der Waals surface area contributed by atoms with Gasteiger partial charge in [0.15, 0.2) is 0 Å². The average Bonchev–Trinajstić information content (AvgIpc) is 3.79. The van der Waals surface area contributed by atoms with Crippen LogP contribution in [0.4, 0.5) is 5.13 Å². The maximum Gasteiger partial charge on any atom is 0.299 e. The SMILES string of the molecule is CCC1(C)CC2(CCCNCCC(O)CO)CC(C)(C)CC(Cn3ncc(C4=CC=C(N5CCC/C(=C(C)/C(N)=N\c6nc7ccccc7s6)C5=N)NC4=C(O)O)c3C)(C1)C2. The summed E-state index contributed by atoms with van der Waals surface area (Å²) < 4.78 is 3.19. The fourth-order valence-corrected chi connectivity index (χ4v) is 12.6. The van der Waals surface area contributed by atoms with E-state index in [0.717, 1.165) is 90.7 Å². The molecule has 1 saturated heterocycles. The highest BCUT2D eigenvalue weighted by molar-refractivity contribution is 7.22. The smallest absolute Gasteiger partial charge is 0.299 e. The number of dihydropyridines is 1. The van der Waals surface area contributed by atoms with Crippen LogP contribution in [0.5, 0.6) is 0 Å². The predicted molar refractivity (Wildman–Crippen MR) is 246 cm³/mol. The number of nitrogens with two attached hydrogens (primary N) is 1. The number of para-hydroxylation sites is 1. The molecule has 14 heteroatoms. The van der Waals surface area contributed by atoms with Crippen LogP contribution in [0.2, 0.25) is 0 Å². The van der Waals surface area contributed by atoms with Gasteiger partial charge in [0.2, 0.25) is 5.13 Å². The number of thiazole rings is 1. The van der Waals surface area contributed by atoms with Crippen LogP contribution < -0.4 is 16.4 Å². The number of aliphatic hydroxyl groups is 4. The summed E-state index contributed by atoms with van der Waals surface area (Å²) >= 11 is 1.47. The molecule has 2 aliphatic heterocycles. The first-order chi connectivity index (χ1) is 29.0. The van der Waals surface area contributed by atoms with Crippen molar-refractivity contribution >= 4 is 43.9 Å². The van der Waals surface area contributed by atoms with Crippen molar-refractivity contribution in [2.24, 2.45) is 32.4 Å². The highest BCUT2D eigenvalue weighted by Gasteiger charge is 2.58. The number of amidine groups is 2. The number of nitrogens with one attached hydrogen (secondary N) is 3. The van der Waals surface area contributed by atoms with Crippen molar-refractivity contribution in [3.8, 4) is 0 Å². The molecule has 9 N–H and O–H groups in total. The molecular formula is C47H67N9O4S. The number of likely N-dealkylation sites (tertiary alicyclic amines) is 1. The maximum absolute atomic E-state index is 10.7. The zero-order valence-electron chi connectivity index (χ0n) is 36.9. The molecule has 4 unspecified atom stereocenters. The summed E-state index contributed by atoms with van der Waals surface area (Å²) in [7, 11) is 0. The van der Waals surface area contributed by atoms with Gasteiger partial charge in [-0.25, -0.2) is 9.98 Å². The molecular weight excluding hydrogens is 787 g/mol. The largest absolute Gasteiger partial charge is 0.480 e. The van der Waals surface area contributed by atoms with Gasteiger partial charge in [0.05, 0.1) is 29.1 Å². The maximum atomic E-state index is 10.7. The molecule has 2 saturated carbocycles. The Kier molecular flexibility index (Phi) is 12.9. The van der Waals surface area contributed by atoms with E-state index in [0.29, 0.717) is 48.3 Å². The molecule has 0 radical (unpaired) electrons. The third-order valence-electron chi connectivity index (χ3n) is 13.9. The number of benzene rings is 1. The zero-order valence-corrected chi connectivity index (χ0v) is 37.8. The molecule has 2 bridgehead atoms. The number of aliphatic hydroxyl groups excluding tert-OH is 3. The van der Waals surface area contributed by atoms with Crippen LogP contribution in [-0.4, -0.2) is 84.1 Å². The summed E-state index contributed by atoms with van der Waals surface area (Å²) in [5, 5.41) is 62.0. The summed E-state index contributed by atoms with van der Waals surface area (Å²) in [4.78, 5) is 11.1. The van der Waals surface area contributed by atoms with Gasteiger partial charge in [-0.1, -0.05) is 57.6 Å². The number of allylic oxidation sites excluding steroid dienone is 3. The second-order valence-electron chi connectivity index (χ2n) is 19.6. The first-order valence-corrected chi connectivity index (χ1v) is 22.9. The minimum Gasteiger partial charge on any atom is -0.480 e. The Hall–Kier alpha value is -4.50. The average molecular weight is 854 g/mol. The fourth-order valence-electron chi connectivity index (χ4n) is 11.8. The van der Waals surface area contributed by atoms with E-state index in [2.05, 4.69) is 59.9 Å². The lowest BCUT2D eigenvalue weighted by Crippen LogP contribution is -2.54. The normalized spacial score (nSPS) is 26.8. The third-order valence-corrected chi connectivity index (χ3v) is 14.8. The van der Waals surface area contributed by atoms with Crippen molar-refractivity contribution in [3.05, 3.63) is 82.5 Å². The van der Waals surface area contributed by atoms with Gasteiger partial charge in [0, 0.05) is 35.5 Å². The molecule has 4 aliphatic rings. The minimum absolute atomic E-state index is 0.0575. The Labute approximate surface area is 364 Å². The van der Waals surface area contributed by atoms with E-state index >= 15 is 0 Å². The highest BCUT2D eigenvalue weighted by atomic mass is 32.1. The molecule has 0 spiro atoms. The van der Waals surface area contributed by atoms with Gasteiger partial charge in [-0.05, 0) is 143 Å². The summed E-state index contributed by atoms with van der Waals surface area (Å²) in [6, 6.07) is 7.87. The number of nitrogens with zero attached hydrogens (tertiary/aromatic N) is 5. The lowest BCUT2D eigenvalue weighted by Gasteiger charge is -2.63. The van der Waals surface area contributed by atoms with Crippen molar-refractivity contribution in [2.75, 3.05) is 26.2 Å². The van der Waals surface area contributed by atoms with Crippen molar-refractivity contribution in [1.82, 2.24) is 30.3 Å². The number of aliphatic imine (C=N–C) groups is 1. The van der Waals surface area contributed by atoms with Gasteiger partial charge in [-0.2, -0.15) is 5.10 Å². The van der Waals surface area contributed by atoms with Gasteiger partial charge >= 0.3 is 0 Å². The minimum atomic E-state index is -0.825. The zero-order chi connectivity index (χ0) is 43.7. The van der Waals surface area contributed by atoms with Crippen LogP contribution in [0.3, 0.4) is 0 Å². The monoisotopic (exact) mass is 854 g/mol. The van der Waals surface area contributed by atoms with Crippen LogP contribution in [0.25, 0.3) is 15.8 Å². The predicted octanol–water partition coefficient (Wildman–Crippen LogP) is 8.50. The van der Waals surface area contributed by atoms with Crippen LogP contribution in [-0.2, 0) is 6.54 Å². The molecule has 4 atom stereocenters. The van der Waals surface area contributed by atoms with E-state index in [1.807, 2.05) is 54.4 Å². The van der Waals surface area contributed by atoms with E-state index in [1.54, 1.807) is 0 Å². The van der Waals surface area contributed by atoms with E-state index in [-0.39, 0.29) is 39.8 Å². The van der Waals surface area contributed by atoms with Gasteiger partial charge in [-0.3, -0.25) is 10.1 Å². The Morgan fingerprint density at radius 3 is 2.57 bits per heavy atom.